The van der Waals surface area contributed by atoms with Crippen LogP contribution in [-0.4, -0.2) is 4.98 Å². The van der Waals surface area contributed by atoms with E-state index in [4.69, 9.17) is 5.73 Å². The Balaban J connectivity index is 2.08. The molecule has 2 N–H and O–H groups in total. The maximum absolute atomic E-state index is 13.1. The van der Waals surface area contributed by atoms with Gasteiger partial charge in [-0.25, -0.2) is 0 Å². The molecular formula is C17H13F3N2. The summed E-state index contributed by atoms with van der Waals surface area (Å²) < 4.78 is 39.2. The number of benzene rings is 2. The zero-order valence-corrected chi connectivity index (χ0v) is 11.5. The van der Waals surface area contributed by atoms with Gasteiger partial charge in [0.25, 0.3) is 0 Å². The van der Waals surface area contributed by atoms with Crippen molar-refractivity contribution in [1.29, 1.82) is 0 Å². The molecule has 1 heterocycles. The number of rotatable bonds is 2. The fourth-order valence-electron chi connectivity index (χ4n) is 2.46. The third kappa shape index (κ3) is 2.67. The van der Waals surface area contributed by atoms with Crippen molar-refractivity contribution in [3.8, 4) is 0 Å². The van der Waals surface area contributed by atoms with Crippen LogP contribution >= 0.6 is 0 Å². The molecule has 0 aliphatic heterocycles. The molecule has 0 spiro atoms. The van der Waals surface area contributed by atoms with E-state index < -0.39 is 17.8 Å². The molecule has 3 rings (SSSR count). The van der Waals surface area contributed by atoms with Crippen LogP contribution in [0, 0.1) is 0 Å². The molecule has 0 aliphatic rings. The summed E-state index contributed by atoms with van der Waals surface area (Å²) in [6.45, 7) is 0. The lowest BCUT2D eigenvalue weighted by Crippen LogP contribution is -2.20. The van der Waals surface area contributed by atoms with E-state index in [0.29, 0.717) is 5.56 Å². The second-order valence-corrected chi connectivity index (χ2v) is 5.02. The van der Waals surface area contributed by atoms with Gasteiger partial charge in [-0.05, 0) is 34.5 Å². The molecule has 3 aromatic rings. The highest BCUT2D eigenvalue weighted by molar-refractivity contribution is 5.83. The minimum absolute atomic E-state index is 0.162. The van der Waals surface area contributed by atoms with E-state index in [0.717, 1.165) is 16.8 Å². The quantitative estimate of drug-likeness (QED) is 0.766. The van der Waals surface area contributed by atoms with Crippen molar-refractivity contribution < 1.29 is 13.2 Å². The van der Waals surface area contributed by atoms with Gasteiger partial charge in [0.2, 0.25) is 0 Å². The molecule has 2 aromatic carbocycles. The Bertz CT molecular complexity index is 812. The zero-order chi connectivity index (χ0) is 15.7. The molecule has 0 saturated heterocycles. The summed E-state index contributed by atoms with van der Waals surface area (Å²) in [4.78, 5) is 3.86. The topological polar surface area (TPSA) is 38.9 Å². The fraction of sp³-hybridized carbons (Fsp3) is 0.118. The van der Waals surface area contributed by atoms with Crippen LogP contribution in [-0.2, 0) is 6.18 Å². The van der Waals surface area contributed by atoms with Gasteiger partial charge >= 0.3 is 6.18 Å². The molecule has 5 heteroatoms. The van der Waals surface area contributed by atoms with E-state index in [9.17, 15) is 13.2 Å². The van der Waals surface area contributed by atoms with Gasteiger partial charge in [-0.3, -0.25) is 4.98 Å². The Kier molecular flexibility index (Phi) is 3.58. The molecular weight excluding hydrogens is 289 g/mol. The predicted molar refractivity (Wildman–Crippen MR) is 79.2 cm³/mol. The summed E-state index contributed by atoms with van der Waals surface area (Å²) >= 11 is 0. The average molecular weight is 302 g/mol. The molecule has 0 saturated carbocycles. The molecule has 112 valence electrons. The van der Waals surface area contributed by atoms with Crippen molar-refractivity contribution in [2.24, 2.45) is 5.73 Å². The summed E-state index contributed by atoms with van der Waals surface area (Å²) in [5.41, 5.74) is 5.68. The number of alkyl halides is 3. The molecule has 0 radical (unpaired) electrons. The van der Waals surface area contributed by atoms with Crippen molar-refractivity contribution in [3.63, 3.8) is 0 Å². The van der Waals surface area contributed by atoms with Gasteiger partial charge in [0.1, 0.15) is 0 Å². The summed E-state index contributed by atoms with van der Waals surface area (Å²) in [5, 5.41) is 1.94. The van der Waals surface area contributed by atoms with Crippen LogP contribution in [0.25, 0.3) is 10.8 Å². The van der Waals surface area contributed by atoms with E-state index in [2.05, 4.69) is 4.98 Å². The van der Waals surface area contributed by atoms with Crippen LogP contribution in [0.1, 0.15) is 22.9 Å². The van der Waals surface area contributed by atoms with E-state index in [1.807, 2.05) is 30.3 Å². The first kappa shape index (κ1) is 14.5. The fourth-order valence-corrected chi connectivity index (χ4v) is 2.46. The molecule has 1 atom stereocenters. The summed E-state index contributed by atoms with van der Waals surface area (Å²) in [6.07, 6.45) is -3.15. The van der Waals surface area contributed by atoms with Gasteiger partial charge in [0, 0.05) is 6.20 Å². The van der Waals surface area contributed by atoms with Gasteiger partial charge < -0.3 is 5.73 Å². The van der Waals surface area contributed by atoms with Crippen molar-refractivity contribution in [1.82, 2.24) is 4.98 Å². The second kappa shape index (κ2) is 5.42. The van der Waals surface area contributed by atoms with Gasteiger partial charge in [0.15, 0.2) is 0 Å². The second-order valence-electron chi connectivity index (χ2n) is 5.02. The highest BCUT2D eigenvalue weighted by Gasteiger charge is 2.35. The van der Waals surface area contributed by atoms with Crippen LogP contribution in [0.5, 0.6) is 0 Å². The monoisotopic (exact) mass is 302 g/mol. The van der Waals surface area contributed by atoms with Crippen molar-refractivity contribution in [3.05, 3.63) is 77.6 Å². The van der Waals surface area contributed by atoms with Crippen molar-refractivity contribution >= 4 is 10.8 Å². The number of aromatic nitrogens is 1. The summed E-state index contributed by atoms with van der Waals surface area (Å²) in [6, 6.07) is 14.3. The maximum Gasteiger partial charge on any atom is 0.418 e. The lowest BCUT2D eigenvalue weighted by atomic mass is 9.97. The largest absolute Gasteiger partial charge is 0.418 e. The molecule has 22 heavy (non-hydrogen) atoms. The molecule has 0 aliphatic carbocycles. The van der Waals surface area contributed by atoms with E-state index in [-0.39, 0.29) is 5.69 Å². The minimum atomic E-state index is -4.47. The predicted octanol–water partition coefficient (Wildman–Crippen LogP) is 4.30. The van der Waals surface area contributed by atoms with Crippen LogP contribution in [0.2, 0.25) is 0 Å². The van der Waals surface area contributed by atoms with Gasteiger partial charge in [-0.15, -0.1) is 0 Å². The van der Waals surface area contributed by atoms with Gasteiger partial charge in [-0.1, -0.05) is 36.4 Å². The maximum atomic E-state index is 13.1. The molecule has 0 amide bonds. The molecule has 0 unspecified atom stereocenters. The highest BCUT2D eigenvalue weighted by atomic mass is 19.4. The Morgan fingerprint density at radius 2 is 1.64 bits per heavy atom. The van der Waals surface area contributed by atoms with Crippen LogP contribution < -0.4 is 5.73 Å². The van der Waals surface area contributed by atoms with Crippen molar-refractivity contribution in [2.75, 3.05) is 0 Å². The minimum Gasteiger partial charge on any atom is -0.319 e. The SMILES string of the molecule is N[C@@H](c1ccc2ccccc2c1)c1ncccc1C(F)(F)F. The number of nitrogens with zero attached hydrogens (tertiary/aromatic N) is 1. The summed E-state index contributed by atoms with van der Waals surface area (Å²) in [7, 11) is 0. The van der Waals surface area contributed by atoms with Crippen LogP contribution in [0.4, 0.5) is 13.2 Å². The third-order valence-electron chi connectivity index (χ3n) is 3.57. The van der Waals surface area contributed by atoms with Gasteiger partial charge in [0.05, 0.1) is 17.3 Å². The van der Waals surface area contributed by atoms with E-state index in [1.54, 1.807) is 12.1 Å². The first-order chi connectivity index (χ1) is 10.5. The molecule has 0 bridgehead atoms. The third-order valence-corrected chi connectivity index (χ3v) is 3.57. The number of fused-ring (bicyclic) bond motifs is 1. The first-order valence-electron chi connectivity index (χ1n) is 6.73. The number of pyridine rings is 1. The lowest BCUT2D eigenvalue weighted by Gasteiger charge is -2.17. The standard InChI is InChI=1S/C17H13F3N2/c18-17(19,20)14-6-3-9-22-16(14)15(21)13-8-7-11-4-1-2-5-12(11)10-13/h1-10,15H,21H2/t15-/m0/s1. The Hall–Kier alpha value is -2.40. The normalized spacial score (nSPS) is 13.3. The smallest absolute Gasteiger partial charge is 0.319 e. The van der Waals surface area contributed by atoms with E-state index in [1.165, 1.54) is 12.3 Å². The zero-order valence-electron chi connectivity index (χ0n) is 11.5. The van der Waals surface area contributed by atoms with Crippen LogP contribution in [0.15, 0.2) is 60.8 Å². The Labute approximate surface area is 125 Å². The molecule has 0 fully saturated rings. The van der Waals surface area contributed by atoms with E-state index >= 15 is 0 Å². The molecule has 1 aromatic heterocycles. The lowest BCUT2D eigenvalue weighted by molar-refractivity contribution is -0.138. The van der Waals surface area contributed by atoms with Crippen molar-refractivity contribution in [2.45, 2.75) is 12.2 Å². The Morgan fingerprint density at radius 1 is 0.909 bits per heavy atom. The number of hydrogen-bond donors (Lipinski definition) is 1. The van der Waals surface area contributed by atoms with Gasteiger partial charge in [-0.2, -0.15) is 13.2 Å². The molecule has 2 nitrogen and oxygen atoms in total. The number of hydrogen-bond acceptors (Lipinski definition) is 2. The van der Waals surface area contributed by atoms with Crippen LogP contribution in [0.3, 0.4) is 0 Å². The number of halogens is 3. The first-order valence-corrected chi connectivity index (χ1v) is 6.73. The Morgan fingerprint density at radius 3 is 2.36 bits per heavy atom. The number of nitrogens with two attached hydrogens (primary N) is 1. The highest BCUT2D eigenvalue weighted by Crippen LogP contribution is 2.34. The average Bonchev–Trinajstić information content (AvgIpc) is 2.53. The summed E-state index contributed by atoms with van der Waals surface area (Å²) in [5.74, 6) is 0.